The molecule has 78 valence electrons. The van der Waals surface area contributed by atoms with Gasteiger partial charge in [-0.1, -0.05) is 0 Å². The molecule has 0 spiro atoms. The number of aliphatic hydroxyl groups is 2. The first-order valence-electron chi connectivity index (χ1n) is 4.53. The molecule has 0 fully saturated rings. The maximum atomic E-state index is 11.3. The third kappa shape index (κ3) is 6.54. The van der Waals surface area contributed by atoms with Gasteiger partial charge in [0.05, 0.1) is 12.2 Å². The average Bonchev–Trinajstić information content (AvgIpc) is 1.98. The van der Waals surface area contributed by atoms with Crippen LogP contribution in [0.4, 0.5) is 0 Å². The van der Waals surface area contributed by atoms with Crippen LogP contribution in [-0.2, 0) is 4.79 Å². The predicted octanol–water partition coefficient (Wildman–Crippen LogP) is -0.0134. The number of carbonyl (C=O) groups is 1. The second kappa shape index (κ2) is 5.94. The Labute approximate surface area is 79.2 Å². The van der Waals surface area contributed by atoms with E-state index in [1.165, 1.54) is 4.90 Å². The molecule has 2 atom stereocenters. The second-order valence-corrected chi connectivity index (χ2v) is 3.51. The summed E-state index contributed by atoms with van der Waals surface area (Å²) in [5, 5.41) is 18.0. The van der Waals surface area contributed by atoms with Crippen LogP contribution in [0.25, 0.3) is 0 Å². The van der Waals surface area contributed by atoms with Crippen molar-refractivity contribution in [1.82, 2.24) is 4.90 Å². The summed E-state index contributed by atoms with van der Waals surface area (Å²) in [5.74, 6) is -0.0400. The summed E-state index contributed by atoms with van der Waals surface area (Å²) >= 11 is 0. The summed E-state index contributed by atoms with van der Waals surface area (Å²) < 4.78 is 0. The van der Waals surface area contributed by atoms with Gasteiger partial charge in [-0.15, -0.1) is 0 Å². The van der Waals surface area contributed by atoms with Crippen molar-refractivity contribution in [3.05, 3.63) is 0 Å². The van der Waals surface area contributed by atoms with Gasteiger partial charge in [-0.3, -0.25) is 4.79 Å². The van der Waals surface area contributed by atoms with Crippen LogP contribution in [0.5, 0.6) is 0 Å². The Kier molecular flexibility index (Phi) is 5.66. The van der Waals surface area contributed by atoms with Crippen LogP contribution < -0.4 is 0 Å². The summed E-state index contributed by atoms with van der Waals surface area (Å²) in [5.41, 5.74) is 0. The lowest BCUT2D eigenvalue weighted by Crippen LogP contribution is -2.33. The highest BCUT2D eigenvalue weighted by Crippen LogP contribution is 2.00. The van der Waals surface area contributed by atoms with E-state index in [0.29, 0.717) is 19.4 Å². The van der Waals surface area contributed by atoms with Gasteiger partial charge in [0.1, 0.15) is 0 Å². The molecule has 0 saturated carbocycles. The van der Waals surface area contributed by atoms with Gasteiger partial charge in [0, 0.05) is 20.0 Å². The first-order chi connectivity index (χ1) is 5.93. The monoisotopic (exact) mass is 189 g/mol. The zero-order valence-corrected chi connectivity index (χ0v) is 8.53. The number of carbonyl (C=O) groups excluding carboxylic acids is 1. The fourth-order valence-electron chi connectivity index (χ4n) is 1.02. The topological polar surface area (TPSA) is 60.8 Å². The van der Waals surface area contributed by atoms with Crippen molar-refractivity contribution in [1.29, 1.82) is 0 Å². The van der Waals surface area contributed by atoms with E-state index in [0.717, 1.165) is 0 Å². The minimum absolute atomic E-state index is 0.0400. The van der Waals surface area contributed by atoms with Crippen molar-refractivity contribution in [2.45, 2.75) is 38.9 Å². The van der Waals surface area contributed by atoms with E-state index in [9.17, 15) is 4.79 Å². The first-order valence-corrected chi connectivity index (χ1v) is 4.53. The SMILES string of the molecule is CC(O)CCC(=O)N(C)CC(C)O. The minimum Gasteiger partial charge on any atom is -0.393 e. The molecule has 0 aromatic heterocycles. The fourth-order valence-corrected chi connectivity index (χ4v) is 1.02. The summed E-state index contributed by atoms with van der Waals surface area (Å²) in [6.07, 6.45) is -0.131. The van der Waals surface area contributed by atoms with E-state index in [2.05, 4.69) is 0 Å². The molecule has 0 rings (SSSR count). The number of amides is 1. The van der Waals surface area contributed by atoms with Gasteiger partial charge >= 0.3 is 0 Å². The van der Waals surface area contributed by atoms with Gasteiger partial charge in [-0.2, -0.15) is 0 Å². The molecule has 4 nitrogen and oxygen atoms in total. The van der Waals surface area contributed by atoms with Gasteiger partial charge in [-0.05, 0) is 20.3 Å². The largest absolute Gasteiger partial charge is 0.393 e. The Morgan fingerprint density at radius 2 is 1.85 bits per heavy atom. The van der Waals surface area contributed by atoms with E-state index in [4.69, 9.17) is 10.2 Å². The molecule has 0 aromatic carbocycles. The Balaban J connectivity index is 3.69. The highest BCUT2D eigenvalue weighted by Gasteiger charge is 2.11. The van der Waals surface area contributed by atoms with Crippen LogP contribution in [0.1, 0.15) is 26.7 Å². The minimum atomic E-state index is -0.500. The van der Waals surface area contributed by atoms with Gasteiger partial charge in [0.2, 0.25) is 5.91 Å². The molecule has 2 unspecified atom stereocenters. The van der Waals surface area contributed by atoms with E-state index >= 15 is 0 Å². The molecule has 0 bridgehead atoms. The third-order valence-corrected chi connectivity index (χ3v) is 1.74. The molecular weight excluding hydrogens is 170 g/mol. The maximum Gasteiger partial charge on any atom is 0.222 e. The van der Waals surface area contributed by atoms with E-state index in [1.807, 2.05) is 0 Å². The zero-order valence-electron chi connectivity index (χ0n) is 8.53. The van der Waals surface area contributed by atoms with Crippen LogP contribution in [0.2, 0.25) is 0 Å². The molecule has 0 aromatic rings. The van der Waals surface area contributed by atoms with E-state index in [1.54, 1.807) is 20.9 Å². The summed E-state index contributed by atoms with van der Waals surface area (Å²) in [7, 11) is 1.65. The predicted molar refractivity (Wildman–Crippen MR) is 50.2 cm³/mol. The molecule has 0 aliphatic carbocycles. The molecule has 0 aliphatic heterocycles. The first kappa shape index (κ1) is 12.4. The van der Waals surface area contributed by atoms with Crippen LogP contribution in [0.3, 0.4) is 0 Å². The van der Waals surface area contributed by atoms with Gasteiger partial charge in [0.15, 0.2) is 0 Å². The highest BCUT2D eigenvalue weighted by molar-refractivity contribution is 5.75. The quantitative estimate of drug-likeness (QED) is 0.639. The smallest absolute Gasteiger partial charge is 0.222 e. The molecule has 0 saturated heterocycles. The average molecular weight is 189 g/mol. The summed E-state index contributed by atoms with van der Waals surface area (Å²) in [4.78, 5) is 12.8. The number of hydrogen-bond acceptors (Lipinski definition) is 3. The third-order valence-electron chi connectivity index (χ3n) is 1.74. The molecular formula is C9H19NO3. The van der Waals surface area contributed by atoms with E-state index in [-0.39, 0.29) is 5.91 Å². The van der Waals surface area contributed by atoms with Crippen LogP contribution >= 0.6 is 0 Å². The second-order valence-electron chi connectivity index (χ2n) is 3.51. The lowest BCUT2D eigenvalue weighted by Gasteiger charge is -2.18. The Morgan fingerprint density at radius 3 is 2.23 bits per heavy atom. The molecule has 4 heteroatoms. The van der Waals surface area contributed by atoms with Crippen LogP contribution in [0, 0.1) is 0 Å². The molecule has 2 N–H and O–H groups in total. The Hall–Kier alpha value is -0.610. The zero-order chi connectivity index (χ0) is 10.4. The number of likely N-dealkylation sites (N-methyl/N-ethyl adjacent to an activating group) is 1. The van der Waals surface area contributed by atoms with Crippen LogP contribution in [-0.4, -0.2) is 46.8 Å². The maximum absolute atomic E-state index is 11.3. The lowest BCUT2D eigenvalue weighted by atomic mass is 10.2. The van der Waals surface area contributed by atoms with Crippen LogP contribution in [0.15, 0.2) is 0 Å². The molecule has 1 amide bonds. The highest BCUT2D eigenvalue weighted by atomic mass is 16.3. The standard InChI is InChI=1S/C9H19NO3/c1-7(11)4-5-9(13)10(3)6-8(2)12/h7-8,11-12H,4-6H2,1-3H3. The van der Waals surface area contributed by atoms with Gasteiger partial charge in [0.25, 0.3) is 0 Å². The van der Waals surface area contributed by atoms with Crippen molar-refractivity contribution in [3.63, 3.8) is 0 Å². The molecule has 13 heavy (non-hydrogen) atoms. The Morgan fingerprint density at radius 1 is 1.31 bits per heavy atom. The molecule has 0 aliphatic rings. The number of aliphatic hydroxyl groups excluding tert-OH is 2. The van der Waals surface area contributed by atoms with Gasteiger partial charge < -0.3 is 15.1 Å². The fraction of sp³-hybridized carbons (Fsp3) is 0.889. The van der Waals surface area contributed by atoms with Gasteiger partial charge in [-0.25, -0.2) is 0 Å². The number of hydrogen-bond donors (Lipinski definition) is 2. The summed E-state index contributed by atoms with van der Waals surface area (Å²) in [6, 6.07) is 0. The molecule has 0 radical (unpaired) electrons. The molecule has 0 heterocycles. The Bertz CT molecular complexity index is 157. The lowest BCUT2D eigenvalue weighted by molar-refractivity contribution is -0.131. The number of nitrogens with zero attached hydrogens (tertiary/aromatic N) is 1. The van der Waals surface area contributed by atoms with Crippen molar-refractivity contribution in [3.8, 4) is 0 Å². The van der Waals surface area contributed by atoms with Crippen molar-refractivity contribution in [2.75, 3.05) is 13.6 Å². The van der Waals surface area contributed by atoms with Crippen molar-refractivity contribution >= 4 is 5.91 Å². The van der Waals surface area contributed by atoms with Crippen molar-refractivity contribution in [2.24, 2.45) is 0 Å². The van der Waals surface area contributed by atoms with E-state index < -0.39 is 12.2 Å². The summed E-state index contributed by atoms with van der Waals surface area (Å²) in [6.45, 7) is 3.64. The normalized spacial score (nSPS) is 15.2. The number of rotatable bonds is 5. The van der Waals surface area contributed by atoms with Crippen molar-refractivity contribution < 1.29 is 15.0 Å².